The Hall–Kier alpha value is -0.340. The van der Waals surface area contributed by atoms with Crippen molar-refractivity contribution in [2.75, 3.05) is 26.7 Å². The van der Waals surface area contributed by atoms with Crippen LogP contribution in [0.25, 0.3) is 0 Å². The molecule has 0 spiro atoms. The topological polar surface area (TPSA) is 24.1 Å². The quantitative estimate of drug-likeness (QED) is 0.486. The van der Waals surface area contributed by atoms with Crippen LogP contribution in [0, 0.1) is 5.92 Å². The van der Waals surface area contributed by atoms with Crippen LogP contribution >= 0.6 is 0 Å². The lowest BCUT2D eigenvalue weighted by molar-refractivity contribution is 0.438. The molecular formula is C10H20N2. The molecule has 0 aromatic rings. The first kappa shape index (κ1) is 9.75. The summed E-state index contributed by atoms with van der Waals surface area (Å²) in [5.74, 6) is 0.788. The number of hydrogen-bond donors (Lipinski definition) is 2. The molecule has 1 fully saturated rings. The number of hydrogen-bond acceptors (Lipinski definition) is 2. The molecular weight excluding hydrogens is 148 g/mol. The van der Waals surface area contributed by atoms with Crippen LogP contribution in [0.3, 0.4) is 0 Å². The van der Waals surface area contributed by atoms with E-state index in [2.05, 4.69) is 22.8 Å². The van der Waals surface area contributed by atoms with E-state index in [-0.39, 0.29) is 0 Å². The lowest BCUT2D eigenvalue weighted by Crippen LogP contribution is -2.28. The van der Waals surface area contributed by atoms with Gasteiger partial charge in [0.05, 0.1) is 0 Å². The van der Waals surface area contributed by atoms with Crippen LogP contribution < -0.4 is 10.6 Å². The first-order valence-corrected chi connectivity index (χ1v) is 4.95. The van der Waals surface area contributed by atoms with E-state index >= 15 is 0 Å². The van der Waals surface area contributed by atoms with Gasteiger partial charge in [0, 0.05) is 6.54 Å². The maximum Gasteiger partial charge on any atom is 0.00142 e. The zero-order valence-corrected chi connectivity index (χ0v) is 7.97. The minimum absolute atomic E-state index is 0.788. The minimum Gasteiger partial charge on any atom is -0.319 e. The largest absolute Gasteiger partial charge is 0.319 e. The summed E-state index contributed by atoms with van der Waals surface area (Å²) in [6.45, 7) is 3.48. The van der Waals surface area contributed by atoms with Gasteiger partial charge in [0.25, 0.3) is 0 Å². The lowest BCUT2D eigenvalue weighted by atomic mass is 9.99. The van der Waals surface area contributed by atoms with Crippen LogP contribution in [0.5, 0.6) is 0 Å². The third kappa shape index (κ3) is 3.88. The second-order valence-corrected chi connectivity index (χ2v) is 3.43. The Labute approximate surface area is 75.4 Å². The fourth-order valence-corrected chi connectivity index (χ4v) is 1.56. The number of rotatable bonds is 4. The molecule has 1 rings (SSSR count). The summed E-state index contributed by atoms with van der Waals surface area (Å²) in [5, 5.41) is 6.55. The summed E-state index contributed by atoms with van der Waals surface area (Å²) < 4.78 is 0. The Morgan fingerprint density at radius 1 is 1.58 bits per heavy atom. The average molecular weight is 168 g/mol. The summed E-state index contributed by atoms with van der Waals surface area (Å²) in [6, 6.07) is 0. The molecule has 1 atom stereocenters. The second kappa shape index (κ2) is 6.21. The smallest absolute Gasteiger partial charge is 0.00142 e. The molecule has 1 aliphatic heterocycles. The van der Waals surface area contributed by atoms with Gasteiger partial charge in [0.15, 0.2) is 0 Å². The van der Waals surface area contributed by atoms with Gasteiger partial charge in [0.2, 0.25) is 0 Å². The van der Waals surface area contributed by atoms with Gasteiger partial charge in [0.1, 0.15) is 0 Å². The molecule has 0 aromatic carbocycles. The molecule has 0 saturated carbocycles. The van der Waals surface area contributed by atoms with Crippen LogP contribution in [-0.4, -0.2) is 26.7 Å². The third-order valence-corrected chi connectivity index (χ3v) is 2.30. The fourth-order valence-electron chi connectivity index (χ4n) is 1.56. The van der Waals surface area contributed by atoms with Crippen LogP contribution in [-0.2, 0) is 0 Å². The first-order chi connectivity index (χ1) is 5.93. The molecule has 0 aromatic heterocycles. The van der Waals surface area contributed by atoms with Crippen molar-refractivity contribution in [3.8, 4) is 0 Å². The maximum atomic E-state index is 3.41. The Morgan fingerprint density at radius 3 is 3.17 bits per heavy atom. The molecule has 0 bridgehead atoms. The molecule has 1 unspecified atom stereocenters. The van der Waals surface area contributed by atoms with Crippen LogP contribution in [0.15, 0.2) is 12.2 Å². The predicted octanol–water partition coefficient (Wildman–Crippen LogP) is 1.15. The zero-order chi connectivity index (χ0) is 8.65. The van der Waals surface area contributed by atoms with Crippen molar-refractivity contribution in [1.82, 2.24) is 10.6 Å². The van der Waals surface area contributed by atoms with Crippen LogP contribution in [0.1, 0.15) is 19.3 Å². The molecule has 2 nitrogen and oxygen atoms in total. The van der Waals surface area contributed by atoms with Gasteiger partial charge in [-0.25, -0.2) is 0 Å². The highest BCUT2D eigenvalue weighted by atomic mass is 14.9. The summed E-state index contributed by atoms with van der Waals surface area (Å²) in [5.41, 5.74) is 0. The third-order valence-electron chi connectivity index (χ3n) is 2.30. The number of nitrogens with one attached hydrogen (secondary N) is 2. The molecule has 0 amide bonds. The number of piperidine rings is 1. The molecule has 2 heteroatoms. The molecule has 0 aliphatic carbocycles. The van der Waals surface area contributed by atoms with Gasteiger partial charge in [-0.15, -0.1) is 0 Å². The normalized spacial score (nSPS) is 24.9. The highest BCUT2D eigenvalue weighted by molar-refractivity contribution is 4.91. The van der Waals surface area contributed by atoms with E-state index in [1.165, 1.54) is 25.9 Å². The van der Waals surface area contributed by atoms with Gasteiger partial charge in [-0.2, -0.15) is 0 Å². The van der Waals surface area contributed by atoms with E-state index in [4.69, 9.17) is 0 Å². The second-order valence-electron chi connectivity index (χ2n) is 3.43. The van der Waals surface area contributed by atoms with E-state index in [0.717, 1.165) is 18.9 Å². The average Bonchev–Trinajstić information content (AvgIpc) is 2.14. The highest BCUT2D eigenvalue weighted by Crippen LogP contribution is 2.10. The van der Waals surface area contributed by atoms with Gasteiger partial charge in [-0.3, -0.25) is 0 Å². The van der Waals surface area contributed by atoms with Crippen molar-refractivity contribution >= 4 is 0 Å². The van der Waals surface area contributed by atoms with Crippen molar-refractivity contribution in [2.24, 2.45) is 5.92 Å². The highest BCUT2D eigenvalue weighted by Gasteiger charge is 2.08. The van der Waals surface area contributed by atoms with E-state index in [1.54, 1.807) is 0 Å². The molecule has 0 radical (unpaired) electrons. The minimum atomic E-state index is 0.788. The molecule has 12 heavy (non-hydrogen) atoms. The van der Waals surface area contributed by atoms with Crippen molar-refractivity contribution in [3.63, 3.8) is 0 Å². The summed E-state index contributed by atoms with van der Waals surface area (Å²) >= 11 is 0. The zero-order valence-electron chi connectivity index (χ0n) is 7.97. The van der Waals surface area contributed by atoms with Gasteiger partial charge < -0.3 is 10.6 Å². The Kier molecular flexibility index (Phi) is 5.04. The van der Waals surface area contributed by atoms with Crippen molar-refractivity contribution in [3.05, 3.63) is 12.2 Å². The SMILES string of the molecule is CNCC/C=C\C1CCCNC1. The standard InChI is InChI=1S/C10H20N2/c1-11-7-3-2-5-10-6-4-8-12-9-10/h2,5,10-12H,3-4,6-9H2,1H3/b5-2-. The van der Waals surface area contributed by atoms with Gasteiger partial charge in [-0.1, -0.05) is 12.2 Å². The molecule has 1 heterocycles. The molecule has 2 N–H and O–H groups in total. The summed E-state index contributed by atoms with van der Waals surface area (Å²) in [6.07, 6.45) is 8.52. The Bertz CT molecular complexity index is 126. The lowest BCUT2D eigenvalue weighted by Gasteiger charge is -2.19. The van der Waals surface area contributed by atoms with Gasteiger partial charge in [-0.05, 0) is 45.3 Å². The fraction of sp³-hybridized carbons (Fsp3) is 0.800. The molecule has 70 valence electrons. The maximum absolute atomic E-state index is 3.41. The summed E-state index contributed by atoms with van der Waals surface area (Å²) in [7, 11) is 2.00. The first-order valence-electron chi connectivity index (χ1n) is 4.95. The predicted molar refractivity (Wildman–Crippen MR) is 53.3 cm³/mol. The molecule has 1 saturated heterocycles. The van der Waals surface area contributed by atoms with Crippen LogP contribution in [0.4, 0.5) is 0 Å². The van der Waals surface area contributed by atoms with Crippen molar-refractivity contribution in [2.45, 2.75) is 19.3 Å². The van der Waals surface area contributed by atoms with E-state index in [1.807, 2.05) is 7.05 Å². The van der Waals surface area contributed by atoms with E-state index < -0.39 is 0 Å². The van der Waals surface area contributed by atoms with Crippen molar-refractivity contribution < 1.29 is 0 Å². The Balaban J connectivity index is 2.07. The van der Waals surface area contributed by atoms with E-state index in [9.17, 15) is 0 Å². The van der Waals surface area contributed by atoms with Gasteiger partial charge >= 0.3 is 0 Å². The van der Waals surface area contributed by atoms with Crippen LogP contribution in [0.2, 0.25) is 0 Å². The van der Waals surface area contributed by atoms with Crippen molar-refractivity contribution in [1.29, 1.82) is 0 Å². The monoisotopic (exact) mass is 168 g/mol. The molecule has 1 aliphatic rings. The Morgan fingerprint density at radius 2 is 2.50 bits per heavy atom. The summed E-state index contributed by atoms with van der Waals surface area (Å²) in [4.78, 5) is 0. The van der Waals surface area contributed by atoms with E-state index in [0.29, 0.717) is 0 Å².